The van der Waals surface area contributed by atoms with Crippen molar-refractivity contribution in [3.63, 3.8) is 0 Å². The zero-order chi connectivity index (χ0) is 19.0. The number of carbonyl (C=O) groups is 2. The minimum Gasteiger partial charge on any atom is -0.493 e. The Balaban J connectivity index is 1.61. The molecule has 0 spiro atoms. The fourth-order valence-corrected chi connectivity index (χ4v) is 3.98. The molecule has 6 nitrogen and oxygen atoms in total. The van der Waals surface area contributed by atoms with Gasteiger partial charge in [-0.1, -0.05) is 0 Å². The van der Waals surface area contributed by atoms with Crippen molar-refractivity contribution < 1.29 is 18.7 Å². The Morgan fingerprint density at radius 2 is 2.04 bits per heavy atom. The summed E-state index contributed by atoms with van der Waals surface area (Å²) in [5.41, 5.74) is 1.58. The molecule has 1 fully saturated rings. The van der Waals surface area contributed by atoms with E-state index in [0.29, 0.717) is 40.7 Å². The molecule has 1 atom stereocenters. The van der Waals surface area contributed by atoms with Crippen LogP contribution in [0.1, 0.15) is 57.9 Å². The number of amides is 2. The van der Waals surface area contributed by atoms with Crippen molar-refractivity contribution in [2.24, 2.45) is 0 Å². The van der Waals surface area contributed by atoms with Gasteiger partial charge in [0.1, 0.15) is 17.3 Å². The van der Waals surface area contributed by atoms with Crippen molar-refractivity contribution >= 4 is 17.5 Å². The first-order valence-corrected chi connectivity index (χ1v) is 9.49. The molecule has 1 N–H and O–H groups in total. The first kappa shape index (κ1) is 17.6. The van der Waals surface area contributed by atoms with Gasteiger partial charge in [-0.3, -0.25) is 9.59 Å². The number of carbonyl (C=O) groups excluding carboxylic acids is 2. The summed E-state index contributed by atoms with van der Waals surface area (Å²) in [5, 5.41) is 2.87. The van der Waals surface area contributed by atoms with Gasteiger partial charge in [0.2, 0.25) is 0 Å². The van der Waals surface area contributed by atoms with E-state index >= 15 is 0 Å². The normalized spacial score (nSPS) is 19.4. The Labute approximate surface area is 158 Å². The van der Waals surface area contributed by atoms with Gasteiger partial charge in [-0.2, -0.15) is 0 Å². The third kappa shape index (κ3) is 3.44. The summed E-state index contributed by atoms with van der Waals surface area (Å²) in [7, 11) is 0. The SMILES string of the molecule is Cc1cc(C(=O)Nc2ccc3c(c2)C(=O)N2CCCC[C@H]2CCO3)c(C)o1. The van der Waals surface area contributed by atoms with Crippen LogP contribution in [0.25, 0.3) is 0 Å². The number of nitrogens with zero attached hydrogens (tertiary/aromatic N) is 1. The van der Waals surface area contributed by atoms with Gasteiger partial charge in [0.05, 0.1) is 17.7 Å². The van der Waals surface area contributed by atoms with Gasteiger partial charge in [-0.05, 0) is 57.4 Å². The summed E-state index contributed by atoms with van der Waals surface area (Å²) >= 11 is 0. The van der Waals surface area contributed by atoms with Gasteiger partial charge in [-0.15, -0.1) is 0 Å². The molecule has 4 rings (SSSR count). The average molecular weight is 368 g/mol. The minimum absolute atomic E-state index is 0.0131. The number of anilines is 1. The molecule has 2 amide bonds. The number of rotatable bonds is 2. The predicted molar refractivity (Wildman–Crippen MR) is 101 cm³/mol. The standard InChI is InChI=1S/C21H24N2O4/c1-13-11-17(14(2)27-13)20(24)22-15-6-7-19-18(12-15)21(25)23-9-4-3-5-16(23)8-10-26-19/h6-7,11-12,16H,3-5,8-10H2,1-2H3,(H,22,24)/t16-/m0/s1. The van der Waals surface area contributed by atoms with E-state index in [1.807, 2.05) is 4.90 Å². The smallest absolute Gasteiger partial charge is 0.259 e. The number of piperidine rings is 1. The lowest BCUT2D eigenvalue weighted by atomic mass is 9.97. The molecule has 1 saturated heterocycles. The molecule has 3 heterocycles. The van der Waals surface area contributed by atoms with Gasteiger partial charge in [0.25, 0.3) is 11.8 Å². The molecule has 0 aliphatic carbocycles. The molecule has 0 unspecified atom stereocenters. The minimum atomic E-state index is -0.251. The monoisotopic (exact) mass is 368 g/mol. The lowest BCUT2D eigenvalue weighted by Gasteiger charge is -2.37. The zero-order valence-corrected chi connectivity index (χ0v) is 15.7. The summed E-state index contributed by atoms with van der Waals surface area (Å²) in [4.78, 5) is 27.6. The Morgan fingerprint density at radius 3 is 2.81 bits per heavy atom. The number of fused-ring (bicyclic) bond motifs is 2. The van der Waals surface area contributed by atoms with Crippen LogP contribution >= 0.6 is 0 Å². The summed E-state index contributed by atoms with van der Waals surface area (Å²) in [6.45, 7) is 4.95. The molecule has 0 bridgehead atoms. The second-order valence-electron chi connectivity index (χ2n) is 7.28. The van der Waals surface area contributed by atoms with Crippen LogP contribution in [0.2, 0.25) is 0 Å². The van der Waals surface area contributed by atoms with E-state index in [1.165, 1.54) is 0 Å². The van der Waals surface area contributed by atoms with Gasteiger partial charge in [-0.25, -0.2) is 0 Å². The largest absolute Gasteiger partial charge is 0.493 e. The van der Waals surface area contributed by atoms with E-state index in [4.69, 9.17) is 9.15 Å². The Kier molecular flexibility index (Phi) is 4.64. The fourth-order valence-electron chi connectivity index (χ4n) is 3.98. The second-order valence-corrected chi connectivity index (χ2v) is 7.28. The van der Waals surface area contributed by atoms with Crippen molar-refractivity contribution in [2.45, 2.75) is 45.6 Å². The van der Waals surface area contributed by atoms with Crippen molar-refractivity contribution in [3.05, 3.63) is 46.9 Å². The van der Waals surface area contributed by atoms with Crippen LogP contribution in [0.5, 0.6) is 5.75 Å². The van der Waals surface area contributed by atoms with Crippen molar-refractivity contribution in [2.75, 3.05) is 18.5 Å². The summed E-state index contributed by atoms with van der Waals surface area (Å²) in [5.74, 6) is 1.58. The number of ether oxygens (including phenoxy) is 1. The van der Waals surface area contributed by atoms with Crippen LogP contribution in [0, 0.1) is 13.8 Å². The topological polar surface area (TPSA) is 71.8 Å². The molecule has 2 aliphatic heterocycles. The van der Waals surface area contributed by atoms with Crippen molar-refractivity contribution in [1.29, 1.82) is 0 Å². The molecule has 142 valence electrons. The number of benzene rings is 1. The molecule has 2 aliphatic rings. The number of aryl methyl sites for hydroxylation is 2. The molecule has 1 aromatic heterocycles. The molecular weight excluding hydrogens is 344 g/mol. The Morgan fingerprint density at radius 1 is 1.19 bits per heavy atom. The van der Waals surface area contributed by atoms with E-state index in [2.05, 4.69) is 5.32 Å². The number of hydrogen-bond donors (Lipinski definition) is 1. The highest BCUT2D eigenvalue weighted by molar-refractivity contribution is 6.06. The van der Waals surface area contributed by atoms with E-state index in [-0.39, 0.29) is 17.9 Å². The lowest BCUT2D eigenvalue weighted by Crippen LogP contribution is -2.45. The van der Waals surface area contributed by atoms with Crippen LogP contribution in [-0.2, 0) is 0 Å². The van der Waals surface area contributed by atoms with Crippen LogP contribution in [0.3, 0.4) is 0 Å². The van der Waals surface area contributed by atoms with E-state index in [0.717, 1.165) is 32.2 Å². The average Bonchev–Trinajstić information content (AvgIpc) is 2.99. The summed E-state index contributed by atoms with van der Waals surface area (Å²) < 4.78 is 11.3. The summed E-state index contributed by atoms with van der Waals surface area (Å²) in [6.07, 6.45) is 4.08. The fraction of sp³-hybridized carbons (Fsp3) is 0.429. The third-order valence-electron chi connectivity index (χ3n) is 5.35. The number of hydrogen-bond acceptors (Lipinski definition) is 4. The first-order valence-electron chi connectivity index (χ1n) is 9.49. The van der Waals surface area contributed by atoms with Crippen LogP contribution in [0.15, 0.2) is 28.7 Å². The van der Waals surface area contributed by atoms with Crippen LogP contribution < -0.4 is 10.1 Å². The maximum atomic E-state index is 13.1. The first-order chi connectivity index (χ1) is 13.0. The Hall–Kier alpha value is -2.76. The number of nitrogens with one attached hydrogen (secondary N) is 1. The van der Waals surface area contributed by atoms with Gasteiger partial charge < -0.3 is 19.4 Å². The molecular formula is C21H24N2O4. The van der Waals surface area contributed by atoms with Crippen molar-refractivity contribution in [3.8, 4) is 5.75 Å². The van der Waals surface area contributed by atoms with E-state index in [1.54, 1.807) is 38.1 Å². The molecule has 6 heteroatoms. The van der Waals surface area contributed by atoms with Crippen LogP contribution in [0.4, 0.5) is 5.69 Å². The molecule has 1 aromatic carbocycles. The van der Waals surface area contributed by atoms with E-state index in [9.17, 15) is 9.59 Å². The van der Waals surface area contributed by atoms with E-state index < -0.39 is 0 Å². The van der Waals surface area contributed by atoms with Gasteiger partial charge in [0, 0.05) is 24.7 Å². The van der Waals surface area contributed by atoms with Crippen molar-refractivity contribution in [1.82, 2.24) is 4.90 Å². The zero-order valence-electron chi connectivity index (χ0n) is 15.7. The highest BCUT2D eigenvalue weighted by Crippen LogP contribution is 2.31. The maximum Gasteiger partial charge on any atom is 0.259 e. The molecule has 2 aromatic rings. The number of furan rings is 1. The summed E-state index contributed by atoms with van der Waals surface area (Å²) in [6, 6.07) is 7.20. The maximum absolute atomic E-state index is 13.1. The lowest BCUT2D eigenvalue weighted by molar-refractivity contribution is 0.0548. The third-order valence-corrected chi connectivity index (χ3v) is 5.35. The highest BCUT2D eigenvalue weighted by atomic mass is 16.5. The Bertz CT molecular complexity index is 886. The molecule has 0 radical (unpaired) electrons. The van der Waals surface area contributed by atoms with Gasteiger partial charge >= 0.3 is 0 Å². The second kappa shape index (κ2) is 7.10. The van der Waals surface area contributed by atoms with Crippen LogP contribution in [-0.4, -0.2) is 35.9 Å². The molecule has 27 heavy (non-hydrogen) atoms. The quantitative estimate of drug-likeness (QED) is 0.872. The van der Waals surface area contributed by atoms with Gasteiger partial charge in [0.15, 0.2) is 0 Å². The highest BCUT2D eigenvalue weighted by Gasteiger charge is 2.31. The molecule has 0 saturated carbocycles. The predicted octanol–water partition coefficient (Wildman–Crippen LogP) is 3.93.